The number of likely N-dealkylation sites (tertiary alicyclic amines) is 1. The molecule has 1 aliphatic heterocycles. The van der Waals surface area contributed by atoms with Gasteiger partial charge < -0.3 is 4.90 Å². The van der Waals surface area contributed by atoms with Crippen molar-refractivity contribution in [3.63, 3.8) is 0 Å². The summed E-state index contributed by atoms with van der Waals surface area (Å²) in [6.45, 7) is 4.75. The van der Waals surface area contributed by atoms with Crippen LogP contribution >= 0.6 is 0 Å². The molecule has 1 aliphatic rings. The van der Waals surface area contributed by atoms with Crippen molar-refractivity contribution in [2.24, 2.45) is 0 Å². The smallest absolute Gasteiger partial charge is 0.0148 e. The van der Waals surface area contributed by atoms with Gasteiger partial charge in [-0.25, -0.2) is 0 Å². The molecule has 0 bridgehead atoms. The van der Waals surface area contributed by atoms with Crippen molar-refractivity contribution in [1.82, 2.24) is 4.90 Å². The Bertz CT molecular complexity index is 253. The molecule has 0 aliphatic carbocycles. The molecule has 0 N–H and O–H groups in total. The van der Waals surface area contributed by atoms with Crippen LogP contribution in [-0.4, -0.2) is 24.0 Å². The number of benzene rings is 1. The van der Waals surface area contributed by atoms with Gasteiger partial charge in [0.05, 0.1) is 0 Å². The van der Waals surface area contributed by atoms with Crippen LogP contribution in [-0.2, 0) is 6.42 Å². The fourth-order valence-electron chi connectivity index (χ4n) is 2.03. The minimum Gasteiger partial charge on any atom is -0.300 e. The fraction of sp³-hybridized carbons (Fsp3) is 0.500. The molecule has 1 fully saturated rings. The van der Waals surface area contributed by atoms with Gasteiger partial charge in [0.25, 0.3) is 0 Å². The highest BCUT2D eigenvalue weighted by Crippen LogP contribution is 2.20. The maximum absolute atomic E-state index is 2.55. The first-order chi connectivity index (χ1) is 6.40. The summed E-state index contributed by atoms with van der Waals surface area (Å²) >= 11 is 0. The van der Waals surface area contributed by atoms with Crippen LogP contribution in [0.5, 0.6) is 0 Å². The van der Waals surface area contributed by atoms with Crippen LogP contribution < -0.4 is 0 Å². The summed E-state index contributed by atoms with van der Waals surface area (Å²) in [6.07, 6.45) is 2.61. The van der Waals surface area contributed by atoms with E-state index in [4.69, 9.17) is 0 Å². The van der Waals surface area contributed by atoms with E-state index in [0.29, 0.717) is 0 Å². The van der Waals surface area contributed by atoms with Gasteiger partial charge in [0.2, 0.25) is 0 Å². The normalized spacial score (nSPS) is 22.7. The highest BCUT2D eigenvalue weighted by atomic mass is 15.2. The maximum atomic E-state index is 2.55. The van der Waals surface area contributed by atoms with Gasteiger partial charge in [-0.3, -0.25) is 0 Å². The van der Waals surface area contributed by atoms with Crippen molar-refractivity contribution in [2.45, 2.75) is 25.8 Å². The Labute approximate surface area is 80.4 Å². The number of hydrogen-bond acceptors (Lipinski definition) is 1. The third kappa shape index (κ3) is 1.92. The molecule has 1 heterocycles. The first-order valence-electron chi connectivity index (χ1n) is 5.18. The Morgan fingerprint density at radius 3 is 2.62 bits per heavy atom. The van der Waals surface area contributed by atoms with Crippen LogP contribution in [0.3, 0.4) is 0 Å². The zero-order valence-electron chi connectivity index (χ0n) is 8.24. The second kappa shape index (κ2) is 3.93. The lowest BCUT2D eigenvalue weighted by molar-refractivity contribution is 0.0982. The quantitative estimate of drug-likeness (QED) is 0.681. The van der Waals surface area contributed by atoms with Crippen molar-refractivity contribution < 1.29 is 0 Å². The molecule has 0 amide bonds. The summed E-state index contributed by atoms with van der Waals surface area (Å²) in [5.74, 6) is 0. The highest BCUT2D eigenvalue weighted by molar-refractivity contribution is 5.16. The minimum atomic E-state index is 0.812. The molecule has 1 aromatic carbocycles. The molecule has 1 saturated heterocycles. The summed E-state index contributed by atoms with van der Waals surface area (Å²) in [6, 6.07) is 11.6. The van der Waals surface area contributed by atoms with Crippen molar-refractivity contribution in [2.75, 3.05) is 13.1 Å². The van der Waals surface area contributed by atoms with Crippen molar-refractivity contribution in [3.05, 3.63) is 35.9 Å². The van der Waals surface area contributed by atoms with Crippen LogP contribution in [0.25, 0.3) is 0 Å². The van der Waals surface area contributed by atoms with Gasteiger partial charge in [0.1, 0.15) is 0 Å². The maximum Gasteiger partial charge on any atom is 0.0148 e. The van der Waals surface area contributed by atoms with Crippen molar-refractivity contribution >= 4 is 0 Å². The number of rotatable bonds is 3. The molecular weight excluding hydrogens is 158 g/mol. The molecule has 70 valence electrons. The molecule has 0 aromatic heterocycles. The molecule has 1 aromatic rings. The van der Waals surface area contributed by atoms with E-state index >= 15 is 0 Å². The molecule has 0 saturated carbocycles. The van der Waals surface area contributed by atoms with Gasteiger partial charge in [-0.1, -0.05) is 37.3 Å². The lowest BCUT2D eigenvalue weighted by Crippen LogP contribution is -2.48. The molecule has 0 radical (unpaired) electrons. The van der Waals surface area contributed by atoms with Crippen LogP contribution in [0.2, 0.25) is 0 Å². The van der Waals surface area contributed by atoms with E-state index in [1.165, 1.54) is 31.5 Å². The number of hydrogen-bond donors (Lipinski definition) is 0. The molecule has 1 heteroatoms. The van der Waals surface area contributed by atoms with Gasteiger partial charge in [-0.15, -0.1) is 0 Å². The molecule has 1 nitrogen and oxygen atoms in total. The fourth-order valence-corrected chi connectivity index (χ4v) is 2.03. The first kappa shape index (κ1) is 8.76. The molecular formula is C12H17N. The van der Waals surface area contributed by atoms with E-state index in [-0.39, 0.29) is 0 Å². The monoisotopic (exact) mass is 175 g/mol. The molecule has 0 spiro atoms. The van der Waals surface area contributed by atoms with Crippen LogP contribution in [0.4, 0.5) is 0 Å². The summed E-state index contributed by atoms with van der Waals surface area (Å²) in [7, 11) is 0. The first-order valence-corrected chi connectivity index (χ1v) is 5.18. The average molecular weight is 175 g/mol. The lowest BCUT2D eigenvalue weighted by Gasteiger charge is -2.40. The zero-order chi connectivity index (χ0) is 9.10. The molecule has 1 atom stereocenters. The predicted octanol–water partition coefficient (Wildman–Crippen LogP) is 2.32. The zero-order valence-corrected chi connectivity index (χ0v) is 8.24. The van der Waals surface area contributed by atoms with E-state index in [1.54, 1.807) is 0 Å². The molecule has 1 unspecified atom stereocenters. The van der Waals surface area contributed by atoms with Gasteiger partial charge in [0, 0.05) is 6.04 Å². The Hall–Kier alpha value is -0.820. The highest BCUT2D eigenvalue weighted by Gasteiger charge is 2.25. The van der Waals surface area contributed by atoms with E-state index in [9.17, 15) is 0 Å². The summed E-state index contributed by atoms with van der Waals surface area (Å²) in [5, 5.41) is 0. The topological polar surface area (TPSA) is 3.24 Å². The van der Waals surface area contributed by atoms with Gasteiger partial charge in [0.15, 0.2) is 0 Å². The van der Waals surface area contributed by atoms with Crippen LogP contribution in [0.1, 0.15) is 18.9 Å². The van der Waals surface area contributed by atoms with Crippen LogP contribution in [0, 0.1) is 0 Å². The second-order valence-corrected chi connectivity index (χ2v) is 3.76. The summed E-state index contributed by atoms with van der Waals surface area (Å²) < 4.78 is 0. The van der Waals surface area contributed by atoms with Crippen LogP contribution in [0.15, 0.2) is 30.3 Å². The van der Waals surface area contributed by atoms with Crippen molar-refractivity contribution in [3.8, 4) is 0 Å². The molecule has 2 rings (SSSR count). The standard InChI is InChI=1S/C12H17N/c1-2-13-9-8-12(13)10-11-6-4-3-5-7-11/h3-7,12H,2,8-10H2,1H3. The van der Waals surface area contributed by atoms with E-state index in [0.717, 1.165) is 6.04 Å². The Balaban J connectivity index is 1.92. The Morgan fingerprint density at radius 1 is 1.31 bits per heavy atom. The Kier molecular flexibility index (Phi) is 2.65. The Morgan fingerprint density at radius 2 is 2.08 bits per heavy atom. The van der Waals surface area contributed by atoms with E-state index in [1.807, 2.05) is 0 Å². The van der Waals surface area contributed by atoms with Crippen molar-refractivity contribution in [1.29, 1.82) is 0 Å². The van der Waals surface area contributed by atoms with Gasteiger partial charge >= 0.3 is 0 Å². The van der Waals surface area contributed by atoms with E-state index in [2.05, 4.69) is 42.2 Å². The largest absolute Gasteiger partial charge is 0.300 e. The predicted molar refractivity (Wildman–Crippen MR) is 55.8 cm³/mol. The SMILES string of the molecule is CCN1CCC1Cc1ccccc1. The lowest BCUT2D eigenvalue weighted by atomic mass is 9.95. The van der Waals surface area contributed by atoms with Gasteiger partial charge in [-0.2, -0.15) is 0 Å². The van der Waals surface area contributed by atoms with E-state index < -0.39 is 0 Å². The minimum absolute atomic E-state index is 0.812. The second-order valence-electron chi connectivity index (χ2n) is 3.76. The third-order valence-electron chi connectivity index (χ3n) is 2.99. The number of likely N-dealkylation sites (N-methyl/N-ethyl adjacent to an activating group) is 1. The third-order valence-corrected chi connectivity index (χ3v) is 2.99. The number of nitrogens with zero attached hydrogens (tertiary/aromatic N) is 1. The van der Waals surface area contributed by atoms with Gasteiger partial charge in [-0.05, 0) is 31.5 Å². The molecule has 13 heavy (non-hydrogen) atoms. The average Bonchev–Trinajstić information content (AvgIpc) is 2.15. The summed E-state index contributed by atoms with van der Waals surface area (Å²) in [4.78, 5) is 2.55. The summed E-state index contributed by atoms with van der Waals surface area (Å²) in [5.41, 5.74) is 1.48.